The maximum atomic E-state index is 11.9. The summed E-state index contributed by atoms with van der Waals surface area (Å²) in [5, 5.41) is 0. The van der Waals surface area contributed by atoms with Gasteiger partial charge < -0.3 is 10.5 Å². The lowest BCUT2D eigenvalue weighted by Gasteiger charge is -2.19. The largest absolute Gasteiger partial charge is 0.414 e. The predicted octanol–water partition coefficient (Wildman–Crippen LogP) is 1.55. The van der Waals surface area contributed by atoms with Crippen molar-refractivity contribution >= 4 is 0 Å². The van der Waals surface area contributed by atoms with Gasteiger partial charge in [-0.2, -0.15) is 13.2 Å². The second-order valence-electron chi connectivity index (χ2n) is 2.33. The first-order valence-corrected chi connectivity index (χ1v) is 3.54. The fourth-order valence-electron chi connectivity index (χ4n) is 0.682. The zero-order chi connectivity index (χ0) is 10.5. The first-order chi connectivity index (χ1) is 5.88. The Kier molecular flexibility index (Phi) is 5.16. The van der Waals surface area contributed by atoms with Crippen LogP contribution in [0.2, 0.25) is 0 Å². The minimum Gasteiger partial charge on any atom is -0.363 e. The van der Waals surface area contributed by atoms with Crippen LogP contribution < -0.4 is 5.73 Å². The summed E-state index contributed by atoms with van der Waals surface area (Å²) in [6.45, 7) is -1.47. The van der Waals surface area contributed by atoms with Gasteiger partial charge in [-0.15, -0.1) is 0 Å². The maximum absolute atomic E-state index is 11.9. The van der Waals surface area contributed by atoms with Gasteiger partial charge in [-0.05, 0) is 13.0 Å². The molecule has 0 heterocycles. The third-order valence-electron chi connectivity index (χ3n) is 1.22. The average molecular weight is 207 g/mol. The molecule has 2 nitrogen and oxygen atoms in total. The second kappa shape index (κ2) is 5.33. The van der Waals surface area contributed by atoms with Gasteiger partial charge in [-0.3, -0.25) is 0 Å². The van der Waals surface area contributed by atoms with Crippen LogP contribution in [-0.2, 0) is 4.74 Å². The molecule has 1 atom stereocenters. The summed E-state index contributed by atoms with van der Waals surface area (Å²) in [7, 11) is 0. The van der Waals surface area contributed by atoms with Crippen LogP contribution in [0.25, 0.3) is 0 Å². The van der Waals surface area contributed by atoms with Crippen LogP contribution in [0.4, 0.5) is 22.0 Å². The van der Waals surface area contributed by atoms with Gasteiger partial charge in [-0.1, -0.05) is 0 Å². The van der Waals surface area contributed by atoms with Crippen LogP contribution >= 0.6 is 0 Å². The molecule has 0 saturated heterocycles. The van der Waals surface area contributed by atoms with Crippen molar-refractivity contribution in [2.75, 3.05) is 13.2 Å². The lowest BCUT2D eigenvalue weighted by Crippen LogP contribution is -2.35. The predicted molar refractivity (Wildman–Crippen MR) is 35.5 cm³/mol. The smallest absolute Gasteiger partial charge is 0.363 e. The third kappa shape index (κ3) is 5.75. The molecule has 80 valence electrons. The van der Waals surface area contributed by atoms with E-state index in [4.69, 9.17) is 5.73 Å². The van der Waals surface area contributed by atoms with E-state index >= 15 is 0 Å². The number of hydrogen-bond donors (Lipinski definition) is 1. The van der Waals surface area contributed by atoms with E-state index in [1.54, 1.807) is 0 Å². The van der Waals surface area contributed by atoms with Crippen molar-refractivity contribution in [2.24, 2.45) is 5.73 Å². The first-order valence-electron chi connectivity index (χ1n) is 3.54. The molecule has 13 heavy (non-hydrogen) atoms. The van der Waals surface area contributed by atoms with E-state index in [9.17, 15) is 22.0 Å². The van der Waals surface area contributed by atoms with Crippen molar-refractivity contribution in [2.45, 2.75) is 25.1 Å². The highest BCUT2D eigenvalue weighted by atomic mass is 19.4. The van der Waals surface area contributed by atoms with Gasteiger partial charge in [0, 0.05) is 0 Å². The lowest BCUT2D eigenvalue weighted by atomic mass is 10.2. The van der Waals surface area contributed by atoms with E-state index in [1.165, 1.54) is 0 Å². The van der Waals surface area contributed by atoms with Crippen molar-refractivity contribution < 1.29 is 26.7 Å². The summed E-state index contributed by atoms with van der Waals surface area (Å²) in [5.41, 5.74) is 4.86. The van der Waals surface area contributed by atoms with Crippen molar-refractivity contribution in [3.63, 3.8) is 0 Å². The van der Waals surface area contributed by atoms with Crippen molar-refractivity contribution in [3.8, 4) is 0 Å². The van der Waals surface area contributed by atoms with Gasteiger partial charge in [0.05, 0.1) is 0 Å². The van der Waals surface area contributed by atoms with E-state index < -0.39 is 31.7 Å². The average Bonchev–Trinajstić information content (AvgIpc) is 1.95. The molecule has 0 aromatic rings. The molecule has 0 spiro atoms. The van der Waals surface area contributed by atoms with Crippen molar-refractivity contribution in [1.82, 2.24) is 0 Å². The minimum atomic E-state index is -4.63. The molecular formula is C6H10F5NO. The van der Waals surface area contributed by atoms with Gasteiger partial charge in [0.2, 0.25) is 0 Å². The fraction of sp³-hybridized carbons (Fsp3) is 1.00. The molecule has 0 radical (unpaired) electrons. The van der Waals surface area contributed by atoms with Crippen LogP contribution in [-0.4, -0.2) is 31.9 Å². The molecule has 2 N–H and O–H groups in total. The number of rotatable bonds is 5. The summed E-state index contributed by atoms with van der Waals surface area (Å²) in [6, 6.07) is 0. The van der Waals surface area contributed by atoms with E-state index in [2.05, 4.69) is 4.74 Å². The second-order valence-corrected chi connectivity index (χ2v) is 2.33. The molecule has 0 fully saturated rings. The molecule has 0 aliphatic heterocycles. The van der Waals surface area contributed by atoms with E-state index in [0.29, 0.717) is 0 Å². The first kappa shape index (κ1) is 12.6. The SMILES string of the molecule is NCCC(OCC(F)F)C(F)(F)F. The van der Waals surface area contributed by atoms with E-state index in [1.807, 2.05) is 0 Å². The maximum Gasteiger partial charge on any atom is 0.414 e. The molecule has 0 bridgehead atoms. The van der Waals surface area contributed by atoms with Gasteiger partial charge in [0.15, 0.2) is 6.10 Å². The molecular weight excluding hydrogens is 197 g/mol. The summed E-state index contributed by atoms with van der Waals surface area (Å²) >= 11 is 0. The number of halogens is 5. The van der Waals surface area contributed by atoms with Crippen molar-refractivity contribution in [1.29, 1.82) is 0 Å². The quantitative estimate of drug-likeness (QED) is 0.694. The van der Waals surface area contributed by atoms with Crippen LogP contribution in [0.3, 0.4) is 0 Å². The highest BCUT2D eigenvalue weighted by Gasteiger charge is 2.40. The third-order valence-corrected chi connectivity index (χ3v) is 1.22. The summed E-state index contributed by atoms with van der Waals surface area (Å²) in [4.78, 5) is 0. The van der Waals surface area contributed by atoms with Crippen LogP contribution in [0.5, 0.6) is 0 Å². The molecule has 0 aliphatic carbocycles. The zero-order valence-corrected chi connectivity index (χ0v) is 6.65. The molecule has 1 unspecified atom stereocenters. The van der Waals surface area contributed by atoms with Crippen LogP contribution in [0, 0.1) is 0 Å². The summed E-state index contributed by atoms with van der Waals surface area (Å²) < 4.78 is 62.7. The van der Waals surface area contributed by atoms with Crippen molar-refractivity contribution in [3.05, 3.63) is 0 Å². The Balaban J connectivity index is 3.95. The van der Waals surface area contributed by atoms with Gasteiger partial charge in [0.25, 0.3) is 6.43 Å². The molecule has 0 aromatic heterocycles. The standard InChI is InChI=1S/C6H10F5NO/c7-5(8)3-13-4(1-2-12)6(9,10)11/h4-5H,1-3,12H2. The monoisotopic (exact) mass is 207 g/mol. The number of nitrogens with two attached hydrogens (primary N) is 1. The van der Waals surface area contributed by atoms with Gasteiger partial charge >= 0.3 is 6.18 Å². The Hall–Kier alpha value is -0.430. The number of ether oxygens (including phenoxy) is 1. The molecule has 0 aromatic carbocycles. The van der Waals surface area contributed by atoms with Crippen LogP contribution in [0.1, 0.15) is 6.42 Å². The Morgan fingerprint density at radius 2 is 1.77 bits per heavy atom. The van der Waals surface area contributed by atoms with Gasteiger partial charge in [0.1, 0.15) is 6.61 Å². The highest BCUT2D eigenvalue weighted by molar-refractivity contribution is 4.68. The Morgan fingerprint density at radius 3 is 2.08 bits per heavy atom. The topological polar surface area (TPSA) is 35.2 Å². The lowest BCUT2D eigenvalue weighted by molar-refractivity contribution is -0.228. The molecule has 0 rings (SSSR count). The number of alkyl halides is 5. The molecule has 7 heteroatoms. The Labute approximate surface area is 71.8 Å². The summed E-state index contributed by atoms with van der Waals surface area (Å²) in [5.74, 6) is 0. The summed E-state index contributed by atoms with van der Waals surface area (Å²) in [6.07, 6.45) is -10.2. The van der Waals surface area contributed by atoms with E-state index in [0.717, 1.165) is 0 Å². The number of hydrogen-bond acceptors (Lipinski definition) is 2. The molecule has 0 amide bonds. The fourth-order valence-corrected chi connectivity index (χ4v) is 0.682. The molecule has 0 saturated carbocycles. The Morgan fingerprint density at radius 1 is 1.23 bits per heavy atom. The minimum absolute atomic E-state index is 0.257. The Bertz CT molecular complexity index is 137. The van der Waals surface area contributed by atoms with Gasteiger partial charge in [-0.25, -0.2) is 8.78 Å². The van der Waals surface area contributed by atoms with Crippen LogP contribution in [0.15, 0.2) is 0 Å². The van der Waals surface area contributed by atoms with E-state index in [-0.39, 0.29) is 6.54 Å². The molecule has 0 aliphatic rings. The zero-order valence-electron chi connectivity index (χ0n) is 6.65. The highest BCUT2D eigenvalue weighted by Crippen LogP contribution is 2.25. The normalized spacial score (nSPS) is 15.0.